The average molecular weight is 304 g/mol. The Hall–Kier alpha value is -1.49. The zero-order valence-corrected chi connectivity index (χ0v) is 13.1. The zero-order valence-electron chi connectivity index (χ0n) is 12.2. The molecule has 4 nitrogen and oxygen atoms in total. The molecule has 2 amide bonds. The number of rotatable bonds is 4. The van der Waals surface area contributed by atoms with E-state index in [-0.39, 0.29) is 17.2 Å². The Bertz CT molecular complexity index is 542. The summed E-state index contributed by atoms with van der Waals surface area (Å²) in [6.45, 7) is 1.32. The first-order valence-corrected chi connectivity index (χ1v) is 8.75. The van der Waals surface area contributed by atoms with E-state index < -0.39 is 0 Å². The first-order valence-electron chi connectivity index (χ1n) is 7.36. The van der Waals surface area contributed by atoms with E-state index in [9.17, 15) is 9.59 Å². The molecule has 1 aromatic rings. The molecule has 3 rings (SSSR count). The van der Waals surface area contributed by atoms with Gasteiger partial charge in [0.1, 0.15) is 0 Å². The zero-order chi connectivity index (χ0) is 14.9. The fraction of sp³-hybridized carbons (Fsp3) is 0.500. The molecule has 0 spiro atoms. The molecule has 21 heavy (non-hydrogen) atoms. The summed E-state index contributed by atoms with van der Waals surface area (Å²) in [6.07, 6.45) is 4.55. The number of thioether (sulfide) groups is 1. The second kappa shape index (κ2) is 5.72. The predicted molar refractivity (Wildman–Crippen MR) is 83.8 cm³/mol. The predicted octanol–water partition coefficient (Wildman–Crippen LogP) is 2.06. The van der Waals surface area contributed by atoms with Gasteiger partial charge in [-0.3, -0.25) is 19.6 Å². The third kappa shape index (κ3) is 2.55. The van der Waals surface area contributed by atoms with Crippen LogP contribution in [-0.2, 0) is 15.0 Å². The van der Waals surface area contributed by atoms with Crippen molar-refractivity contribution in [2.45, 2.75) is 24.7 Å². The summed E-state index contributed by atoms with van der Waals surface area (Å²) in [5, 5.41) is 3.35. The molecule has 5 heteroatoms. The van der Waals surface area contributed by atoms with Gasteiger partial charge in [0.25, 0.3) is 11.8 Å². The van der Waals surface area contributed by atoms with Crippen molar-refractivity contribution in [3.05, 3.63) is 35.9 Å². The summed E-state index contributed by atoms with van der Waals surface area (Å²) < 4.78 is 0. The summed E-state index contributed by atoms with van der Waals surface area (Å²) >= 11 is 1.50. The molecule has 1 heterocycles. The van der Waals surface area contributed by atoms with Gasteiger partial charge in [0.05, 0.1) is 11.2 Å². The third-order valence-corrected chi connectivity index (χ3v) is 4.84. The van der Waals surface area contributed by atoms with Crippen LogP contribution in [-0.4, -0.2) is 46.9 Å². The topological polar surface area (TPSA) is 40.6 Å². The van der Waals surface area contributed by atoms with Crippen LogP contribution in [0.3, 0.4) is 0 Å². The van der Waals surface area contributed by atoms with Gasteiger partial charge < -0.3 is 0 Å². The van der Waals surface area contributed by atoms with Gasteiger partial charge in [-0.05, 0) is 31.1 Å². The second-order valence-corrected chi connectivity index (χ2v) is 6.55. The first kappa shape index (κ1) is 14.4. The Morgan fingerprint density at radius 2 is 1.81 bits per heavy atom. The third-order valence-electron chi connectivity index (χ3n) is 4.31. The molecule has 2 aliphatic rings. The maximum atomic E-state index is 13.0. The number of hydrogen-bond acceptors (Lipinski definition) is 3. The van der Waals surface area contributed by atoms with Crippen molar-refractivity contribution < 1.29 is 9.59 Å². The van der Waals surface area contributed by atoms with E-state index in [1.165, 1.54) is 11.8 Å². The first-order chi connectivity index (χ1) is 10.2. The Morgan fingerprint density at radius 3 is 2.43 bits per heavy atom. The van der Waals surface area contributed by atoms with Gasteiger partial charge in [0.2, 0.25) is 0 Å². The number of carbonyl (C=O) groups excluding carboxylic acids is 2. The lowest BCUT2D eigenvalue weighted by atomic mass is 9.95. The van der Waals surface area contributed by atoms with Crippen molar-refractivity contribution in [2.75, 3.05) is 25.1 Å². The van der Waals surface area contributed by atoms with Crippen LogP contribution in [0.2, 0.25) is 0 Å². The van der Waals surface area contributed by atoms with Gasteiger partial charge in [0, 0.05) is 13.1 Å². The highest BCUT2D eigenvalue weighted by molar-refractivity contribution is 7.99. The van der Waals surface area contributed by atoms with Crippen molar-refractivity contribution in [3.63, 3.8) is 0 Å². The highest BCUT2D eigenvalue weighted by Gasteiger charge is 2.54. The fourth-order valence-corrected chi connectivity index (χ4v) is 3.43. The monoisotopic (exact) mass is 304 g/mol. The molecule has 0 unspecified atom stereocenters. The summed E-state index contributed by atoms with van der Waals surface area (Å²) in [6, 6.07) is 9.96. The van der Waals surface area contributed by atoms with Crippen LogP contribution in [0.1, 0.15) is 24.8 Å². The smallest absolute Gasteiger partial charge is 0.251 e. The molecule has 1 saturated heterocycles. The minimum atomic E-state index is -0.385. The van der Waals surface area contributed by atoms with Crippen molar-refractivity contribution in [1.82, 2.24) is 10.0 Å². The van der Waals surface area contributed by atoms with Crippen LogP contribution < -0.4 is 0 Å². The average Bonchev–Trinajstić information content (AvgIpc) is 3.18. The van der Waals surface area contributed by atoms with Crippen LogP contribution in [0.4, 0.5) is 0 Å². The second-order valence-electron chi connectivity index (χ2n) is 5.68. The van der Waals surface area contributed by atoms with E-state index in [0.717, 1.165) is 24.8 Å². The SMILES string of the molecule is CSCC(=O)N1CCCN1C(=O)C1(c2ccccc2)CC1. The molecular formula is C16H20N2O2S. The number of nitrogens with zero attached hydrogens (tertiary/aromatic N) is 2. The minimum Gasteiger partial charge on any atom is -0.272 e. The fourth-order valence-electron chi connectivity index (χ4n) is 3.04. The van der Waals surface area contributed by atoms with Crippen LogP contribution >= 0.6 is 11.8 Å². The Morgan fingerprint density at radius 1 is 1.14 bits per heavy atom. The number of hydrogen-bond donors (Lipinski definition) is 0. The molecular weight excluding hydrogens is 284 g/mol. The van der Waals surface area contributed by atoms with Crippen LogP contribution in [0.15, 0.2) is 30.3 Å². The molecule has 112 valence electrons. The van der Waals surface area contributed by atoms with Crippen molar-refractivity contribution >= 4 is 23.6 Å². The molecule has 0 atom stereocenters. The van der Waals surface area contributed by atoms with Gasteiger partial charge >= 0.3 is 0 Å². The molecule has 1 aliphatic heterocycles. The lowest BCUT2D eigenvalue weighted by Crippen LogP contribution is -2.49. The van der Waals surface area contributed by atoms with E-state index in [1.807, 2.05) is 36.6 Å². The number of benzene rings is 1. The molecule has 1 aromatic carbocycles. The van der Waals surface area contributed by atoms with E-state index in [4.69, 9.17) is 0 Å². The van der Waals surface area contributed by atoms with Crippen LogP contribution in [0.5, 0.6) is 0 Å². The Kier molecular flexibility index (Phi) is 3.93. The lowest BCUT2D eigenvalue weighted by molar-refractivity contribution is -0.158. The normalized spacial score (nSPS) is 19.7. The summed E-state index contributed by atoms with van der Waals surface area (Å²) in [7, 11) is 0. The minimum absolute atomic E-state index is 0.0391. The van der Waals surface area contributed by atoms with E-state index in [2.05, 4.69) is 0 Å². The standard InChI is InChI=1S/C16H20N2O2S/c1-21-12-14(19)17-10-5-11-18(17)15(20)16(8-9-16)13-6-3-2-4-7-13/h2-4,6-7H,5,8-12H2,1H3. The quantitative estimate of drug-likeness (QED) is 0.855. The number of carbonyl (C=O) groups is 2. The maximum absolute atomic E-state index is 13.0. The molecule has 1 saturated carbocycles. The van der Waals surface area contributed by atoms with Gasteiger partial charge in [-0.1, -0.05) is 30.3 Å². The Labute approximate surface area is 129 Å². The Balaban J connectivity index is 1.80. The van der Waals surface area contributed by atoms with E-state index in [1.54, 1.807) is 10.0 Å². The molecule has 1 aliphatic carbocycles. The molecule has 0 N–H and O–H groups in total. The van der Waals surface area contributed by atoms with E-state index >= 15 is 0 Å². The summed E-state index contributed by atoms with van der Waals surface area (Å²) in [5.41, 5.74) is 0.697. The highest BCUT2D eigenvalue weighted by Crippen LogP contribution is 2.50. The van der Waals surface area contributed by atoms with E-state index in [0.29, 0.717) is 18.8 Å². The molecule has 0 aromatic heterocycles. The molecule has 0 radical (unpaired) electrons. The van der Waals surface area contributed by atoms with Crippen LogP contribution in [0, 0.1) is 0 Å². The van der Waals surface area contributed by atoms with Gasteiger partial charge in [0.15, 0.2) is 0 Å². The van der Waals surface area contributed by atoms with Gasteiger partial charge in [-0.2, -0.15) is 11.8 Å². The van der Waals surface area contributed by atoms with Gasteiger partial charge in [-0.15, -0.1) is 0 Å². The number of amides is 2. The van der Waals surface area contributed by atoms with Crippen LogP contribution in [0.25, 0.3) is 0 Å². The van der Waals surface area contributed by atoms with Crippen molar-refractivity contribution in [3.8, 4) is 0 Å². The highest BCUT2D eigenvalue weighted by atomic mass is 32.2. The largest absolute Gasteiger partial charge is 0.272 e. The molecule has 2 fully saturated rings. The summed E-state index contributed by atoms with van der Waals surface area (Å²) in [5.74, 6) is 0.570. The van der Waals surface area contributed by atoms with Gasteiger partial charge in [-0.25, -0.2) is 0 Å². The summed E-state index contributed by atoms with van der Waals surface area (Å²) in [4.78, 5) is 25.1. The number of hydrazine groups is 1. The maximum Gasteiger partial charge on any atom is 0.251 e. The lowest BCUT2D eigenvalue weighted by Gasteiger charge is -2.31. The van der Waals surface area contributed by atoms with Crippen molar-refractivity contribution in [2.24, 2.45) is 0 Å². The molecule has 0 bridgehead atoms. The van der Waals surface area contributed by atoms with Crippen molar-refractivity contribution in [1.29, 1.82) is 0 Å².